The van der Waals surface area contributed by atoms with Gasteiger partial charge in [-0.15, -0.1) is 0 Å². The number of nitrogens with one attached hydrogen (secondary N) is 2. The van der Waals surface area contributed by atoms with Crippen LogP contribution in [-0.4, -0.2) is 71.0 Å². The number of alkyl halides is 3. The lowest BCUT2D eigenvalue weighted by molar-refractivity contribution is -0.525. The number of hydrazine groups is 1. The van der Waals surface area contributed by atoms with Crippen molar-refractivity contribution in [2.24, 2.45) is 22.2 Å². The average Bonchev–Trinajstić information content (AvgIpc) is 3.00. The van der Waals surface area contributed by atoms with Gasteiger partial charge in [-0.05, 0) is 19.3 Å². The van der Waals surface area contributed by atoms with Gasteiger partial charge in [0, 0.05) is 19.1 Å². The Morgan fingerprint density at radius 3 is 2.45 bits per heavy atom. The zero-order chi connectivity index (χ0) is 22.4. The van der Waals surface area contributed by atoms with E-state index in [4.69, 9.17) is 17.2 Å². The summed E-state index contributed by atoms with van der Waals surface area (Å²) in [5.41, 5.74) is 17.8. The summed E-state index contributed by atoms with van der Waals surface area (Å²) in [6, 6.07) is -3.46. The first-order valence-corrected chi connectivity index (χ1v) is 8.27. The summed E-state index contributed by atoms with van der Waals surface area (Å²) >= 11 is 0. The lowest BCUT2D eigenvalue weighted by atomic mass is 10.1. The number of primary amides is 1. The van der Waals surface area contributed by atoms with Gasteiger partial charge >= 0.3 is 12.1 Å². The number of likely N-dealkylation sites (tertiary alicyclic amines) is 1. The number of hydrogen-bond acceptors (Lipinski definition) is 7. The molecule has 1 fully saturated rings. The first kappa shape index (κ1) is 23.9. The Morgan fingerprint density at radius 1 is 1.31 bits per heavy atom. The SMILES string of the molecule is NC(=O)C1C[C@H](NC(=O)C(F)(F)F)CN1C(=O)[C@H](N)CCCN=C(N)N[N+](=O)[O-]. The Morgan fingerprint density at radius 2 is 1.93 bits per heavy atom. The minimum Gasteiger partial charge on any atom is -0.368 e. The fourth-order valence-electron chi connectivity index (χ4n) is 2.70. The van der Waals surface area contributed by atoms with Crippen LogP contribution in [0.15, 0.2) is 4.99 Å². The Hall–Kier alpha value is -3.17. The molecule has 16 heteroatoms. The van der Waals surface area contributed by atoms with Crippen LogP contribution in [0.2, 0.25) is 0 Å². The number of aliphatic imine (C=N–C) groups is 1. The number of rotatable bonds is 8. The Bertz CT molecular complexity index is 686. The first-order valence-electron chi connectivity index (χ1n) is 8.27. The molecule has 29 heavy (non-hydrogen) atoms. The van der Waals surface area contributed by atoms with Gasteiger partial charge < -0.3 is 27.4 Å². The molecule has 0 aromatic carbocycles. The lowest BCUT2D eigenvalue weighted by Gasteiger charge is -2.25. The molecule has 1 aliphatic rings. The third-order valence-corrected chi connectivity index (χ3v) is 3.98. The minimum atomic E-state index is -5.11. The molecule has 0 aromatic rings. The van der Waals surface area contributed by atoms with Gasteiger partial charge in [0.2, 0.25) is 11.8 Å². The molecule has 1 unspecified atom stereocenters. The zero-order valence-electron chi connectivity index (χ0n) is 15.0. The van der Waals surface area contributed by atoms with E-state index in [1.54, 1.807) is 10.7 Å². The van der Waals surface area contributed by atoms with Crippen molar-refractivity contribution < 1.29 is 32.6 Å². The summed E-state index contributed by atoms with van der Waals surface area (Å²) in [6.07, 6.45) is -5.13. The maximum atomic E-state index is 12.5. The molecule has 1 saturated heterocycles. The van der Waals surface area contributed by atoms with Crippen molar-refractivity contribution in [2.45, 2.75) is 43.6 Å². The van der Waals surface area contributed by atoms with E-state index in [-0.39, 0.29) is 32.4 Å². The summed E-state index contributed by atoms with van der Waals surface area (Å²) < 4.78 is 37.1. The number of nitro groups is 1. The van der Waals surface area contributed by atoms with E-state index in [9.17, 15) is 37.7 Å². The van der Waals surface area contributed by atoms with Gasteiger partial charge in [-0.3, -0.25) is 14.4 Å². The molecule has 0 spiro atoms. The largest absolute Gasteiger partial charge is 0.471 e. The van der Waals surface area contributed by atoms with E-state index >= 15 is 0 Å². The molecule has 0 aliphatic carbocycles. The topological polar surface area (TPSA) is 212 Å². The molecule has 0 radical (unpaired) electrons. The summed E-state index contributed by atoms with van der Waals surface area (Å²) in [6.45, 7) is -0.350. The third kappa shape index (κ3) is 7.40. The second-order valence-electron chi connectivity index (χ2n) is 6.20. The van der Waals surface area contributed by atoms with Crippen molar-refractivity contribution in [3.8, 4) is 0 Å². The van der Waals surface area contributed by atoms with Gasteiger partial charge in [-0.2, -0.15) is 13.2 Å². The molecule has 1 rings (SSSR count). The van der Waals surface area contributed by atoms with Gasteiger partial charge in [-0.25, -0.2) is 15.1 Å². The monoisotopic (exact) mass is 426 g/mol. The highest BCUT2D eigenvalue weighted by atomic mass is 19.4. The van der Waals surface area contributed by atoms with E-state index in [2.05, 4.69) is 4.99 Å². The number of guanidine groups is 1. The molecule has 8 N–H and O–H groups in total. The van der Waals surface area contributed by atoms with Gasteiger partial charge in [0.25, 0.3) is 5.96 Å². The smallest absolute Gasteiger partial charge is 0.368 e. The fraction of sp³-hybridized carbons (Fsp3) is 0.692. The molecule has 13 nitrogen and oxygen atoms in total. The summed E-state index contributed by atoms with van der Waals surface area (Å²) in [7, 11) is 0. The molecule has 1 aliphatic heterocycles. The van der Waals surface area contributed by atoms with Crippen LogP contribution in [0.1, 0.15) is 19.3 Å². The Kier molecular flexibility index (Phi) is 8.11. The van der Waals surface area contributed by atoms with Crippen LogP contribution in [0.5, 0.6) is 0 Å². The standard InChI is InChI=1S/C13H21F3N8O5/c14-13(15,16)11(27)21-6-4-8(9(18)25)23(5-6)10(26)7(17)2-1-3-20-12(19)22-24(28)29/h6-8H,1-5,17H2,(H2,18,25)(H,21,27)(H3,19,20,22)/t6-,7+,8?/m0/s1. The molecular formula is C13H21F3N8O5. The third-order valence-electron chi connectivity index (χ3n) is 3.98. The van der Waals surface area contributed by atoms with Crippen LogP contribution < -0.4 is 27.9 Å². The number of halogens is 3. The molecular weight excluding hydrogens is 405 g/mol. The van der Waals surface area contributed by atoms with Crippen LogP contribution in [0, 0.1) is 10.1 Å². The normalized spacial score (nSPS) is 20.8. The average molecular weight is 426 g/mol. The van der Waals surface area contributed by atoms with Crippen molar-refractivity contribution in [1.29, 1.82) is 0 Å². The number of carbonyl (C=O) groups is 3. The highest BCUT2D eigenvalue weighted by Crippen LogP contribution is 2.22. The van der Waals surface area contributed by atoms with Crippen LogP contribution in [0.4, 0.5) is 13.2 Å². The zero-order valence-corrected chi connectivity index (χ0v) is 15.0. The highest BCUT2D eigenvalue weighted by Gasteiger charge is 2.44. The van der Waals surface area contributed by atoms with E-state index < -0.39 is 53.0 Å². The van der Waals surface area contributed by atoms with Crippen molar-refractivity contribution in [1.82, 2.24) is 15.6 Å². The van der Waals surface area contributed by atoms with Crippen LogP contribution in [-0.2, 0) is 14.4 Å². The number of nitrogens with two attached hydrogens (primary N) is 3. The second-order valence-corrected chi connectivity index (χ2v) is 6.20. The molecule has 0 bridgehead atoms. The van der Waals surface area contributed by atoms with E-state index in [1.165, 1.54) is 0 Å². The summed E-state index contributed by atoms with van der Waals surface area (Å²) in [5, 5.41) is 11.0. The Labute approximate surface area is 161 Å². The van der Waals surface area contributed by atoms with Gasteiger partial charge in [0.15, 0.2) is 5.03 Å². The van der Waals surface area contributed by atoms with Crippen LogP contribution in [0.3, 0.4) is 0 Å². The predicted molar refractivity (Wildman–Crippen MR) is 91.1 cm³/mol. The highest BCUT2D eigenvalue weighted by molar-refractivity contribution is 5.90. The Balaban J connectivity index is 2.64. The maximum absolute atomic E-state index is 12.5. The molecule has 0 aromatic heterocycles. The van der Waals surface area contributed by atoms with Crippen LogP contribution >= 0.6 is 0 Å². The molecule has 3 atom stereocenters. The molecule has 164 valence electrons. The summed E-state index contributed by atoms with van der Waals surface area (Å²) in [5.74, 6) is -4.31. The van der Waals surface area contributed by atoms with Gasteiger partial charge in [0.1, 0.15) is 6.04 Å². The number of nitrogens with zero attached hydrogens (tertiary/aromatic N) is 3. The molecule has 3 amide bonds. The van der Waals surface area contributed by atoms with Crippen molar-refractivity contribution in [3.05, 3.63) is 10.1 Å². The van der Waals surface area contributed by atoms with Crippen molar-refractivity contribution in [2.75, 3.05) is 13.1 Å². The number of hydrogen-bond donors (Lipinski definition) is 5. The van der Waals surface area contributed by atoms with E-state index in [0.717, 1.165) is 4.90 Å². The predicted octanol–water partition coefficient (Wildman–Crippen LogP) is -2.68. The second kappa shape index (κ2) is 9.85. The van der Waals surface area contributed by atoms with Gasteiger partial charge in [-0.1, -0.05) is 5.43 Å². The number of amides is 3. The van der Waals surface area contributed by atoms with E-state index in [1.807, 2.05) is 0 Å². The maximum Gasteiger partial charge on any atom is 0.471 e. The summed E-state index contributed by atoms with van der Waals surface area (Å²) in [4.78, 5) is 49.8. The lowest BCUT2D eigenvalue weighted by Crippen LogP contribution is -2.50. The minimum absolute atomic E-state index is 0.0111. The molecule has 0 saturated carbocycles. The van der Waals surface area contributed by atoms with Crippen LogP contribution in [0.25, 0.3) is 0 Å². The van der Waals surface area contributed by atoms with Crippen molar-refractivity contribution in [3.63, 3.8) is 0 Å². The number of carbonyl (C=O) groups excluding carboxylic acids is 3. The fourth-order valence-corrected chi connectivity index (χ4v) is 2.70. The molecule has 1 heterocycles. The van der Waals surface area contributed by atoms with Gasteiger partial charge in [0.05, 0.1) is 6.04 Å². The first-order chi connectivity index (χ1) is 13.3. The van der Waals surface area contributed by atoms with E-state index in [0.29, 0.717) is 0 Å². The van der Waals surface area contributed by atoms with Crippen molar-refractivity contribution >= 4 is 23.7 Å². The quantitative estimate of drug-likeness (QED) is 0.0905.